The van der Waals surface area contributed by atoms with Crippen molar-refractivity contribution in [2.45, 2.75) is 38.9 Å². The third-order valence-corrected chi connectivity index (χ3v) is 3.62. The molecule has 1 aromatic carbocycles. The quantitative estimate of drug-likeness (QED) is 0.719. The molecule has 25 heavy (non-hydrogen) atoms. The molecule has 0 unspecified atom stereocenters. The highest BCUT2D eigenvalue weighted by molar-refractivity contribution is 5.86. The van der Waals surface area contributed by atoms with Crippen molar-refractivity contribution in [2.75, 3.05) is 0 Å². The first-order valence-electron chi connectivity index (χ1n) is 8.06. The topological polar surface area (TPSA) is 83.4 Å². The van der Waals surface area contributed by atoms with E-state index in [-0.39, 0.29) is 24.3 Å². The molecule has 6 nitrogen and oxygen atoms in total. The van der Waals surface area contributed by atoms with E-state index >= 15 is 0 Å². The number of rotatable bonds is 7. The Kier molecular flexibility index (Phi) is 6.56. The van der Waals surface area contributed by atoms with Gasteiger partial charge in [0.05, 0.1) is 12.8 Å². The van der Waals surface area contributed by atoms with Gasteiger partial charge < -0.3 is 20.4 Å². The lowest BCUT2D eigenvalue weighted by Crippen LogP contribution is -2.50. The second kappa shape index (κ2) is 8.86. The van der Waals surface area contributed by atoms with Gasteiger partial charge >= 0.3 is 6.03 Å². The molecule has 0 fully saturated rings. The van der Waals surface area contributed by atoms with Gasteiger partial charge in [-0.05, 0) is 44.0 Å². The SMILES string of the molecule is C[C@H](Cc1ccccc1F)NC(=O)N[C@@H](C)C(=O)NCc1ccco1. The summed E-state index contributed by atoms with van der Waals surface area (Å²) in [7, 11) is 0. The minimum absolute atomic E-state index is 0.253. The lowest BCUT2D eigenvalue weighted by Gasteiger charge is -2.18. The Bertz CT molecular complexity index is 703. The monoisotopic (exact) mass is 347 g/mol. The molecule has 1 aromatic heterocycles. The Morgan fingerprint density at radius 2 is 1.88 bits per heavy atom. The molecule has 2 rings (SSSR count). The van der Waals surface area contributed by atoms with Crippen molar-refractivity contribution in [3.8, 4) is 0 Å². The zero-order valence-corrected chi connectivity index (χ0v) is 14.2. The summed E-state index contributed by atoms with van der Waals surface area (Å²) in [6.07, 6.45) is 1.88. The number of urea groups is 1. The van der Waals surface area contributed by atoms with Gasteiger partial charge in [-0.2, -0.15) is 0 Å². The largest absolute Gasteiger partial charge is 0.467 e. The molecule has 134 valence electrons. The van der Waals surface area contributed by atoms with Crippen LogP contribution in [0.1, 0.15) is 25.2 Å². The highest BCUT2D eigenvalue weighted by Gasteiger charge is 2.17. The molecule has 2 aromatic rings. The van der Waals surface area contributed by atoms with Crippen molar-refractivity contribution in [3.05, 3.63) is 59.8 Å². The van der Waals surface area contributed by atoms with Crippen molar-refractivity contribution in [2.24, 2.45) is 0 Å². The second-order valence-corrected chi connectivity index (χ2v) is 5.83. The van der Waals surface area contributed by atoms with Crippen LogP contribution in [0.25, 0.3) is 0 Å². The zero-order valence-electron chi connectivity index (χ0n) is 14.2. The van der Waals surface area contributed by atoms with Crippen LogP contribution in [-0.2, 0) is 17.8 Å². The third-order valence-electron chi connectivity index (χ3n) is 3.62. The molecule has 7 heteroatoms. The van der Waals surface area contributed by atoms with Crippen molar-refractivity contribution < 1.29 is 18.4 Å². The maximum absolute atomic E-state index is 13.6. The average Bonchev–Trinajstić information content (AvgIpc) is 3.08. The Morgan fingerprint density at radius 3 is 2.56 bits per heavy atom. The maximum Gasteiger partial charge on any atom is 0.315 e. The van der Waals surface area contributed by atoms with E-state index in [0.717, 1.165) is 0 Å². The number of benzene rings is 1. The van der Waals surface area contributed by atoms with Gasteiger partial charge in [0.25, 0.3) is 0 Å². The van der Waals surface area contributed by atoms with E-state index in [4.69, 9.17) is 4.42 Å². The summed E-state index contributed by atoms with van der Waals surface area (Å²) in [6, 6.07) is 8.42. The molecule has 0 aliphatic carbocycles. The maximum atomic E-state index is 13.6. The highest BCUT2D eigenvalue weighted by Crippen LogP contribution is 2.08. The summed E-state index contributed by atoms with van der Waals surface area (Å²) < 4.78 is 18.7. The predicted molar refractivity (Wildman–Crippen MR) is 91.3 cm³/mol. The number of halogens is 1. The van der Waals surface area contributed by atoms with Crippen LogP contribution >= 0.6 is 0 Å². The lowest BCUT2D eigenvalue weighted by molar-refractivity contribution is -0.122. The van der Waals surface area contributed by atoms with Gasteiger partial charge in [-0.3, -0.25) is 4.79 Å². The number of nitrogens with one attached hydrogen (secondary N) is 3. The van der Waals surface area contributed by atoms with Gasteiger partial charge in [0.15, 0.2) is 0 Å². The first-order chi connectivity index (χ1) is 12.0. The van der Waals surface area contributed by atoms with Crippen LogP contribution in [0.3, 0.4) is 0 Å². The van der Waals surface area contributed by atoms with Crippen molar-refractivity contribution in [1.29, 1.82) is 0 Å². The van der Waals surface area contributed by atoms with Crippen LogP contribution < -0.4 is 16.0 Å². The van der Waals surface area contributed by atoms with Gasteiger partial charge in [-0.15, -0.1) is 0 Å². The van der Waals surface area contributed by atoms with E-state index in [0.29, 0.717) is 17.7 Å². The van der Waals surface area contributed by atoms with Crippen LogP contribution in [0.4, 0.5) is 9.18 Å². The van der Waals surface area contributed by atoms with E-state index in [1.54, 1.807) is 44.2 Å². The Balaban J connectivity index is 1.74. The summed E-state index contributed by atoms with van der Waals surface area (Å²) in [5, 5.41) is 7.92. The fourth-order valence-corrected chi connectivity index (χ4v) is 2.31. The number of hydrogen-bond donors (Lipinski definition) is 3. The molecule has 0 radical (unpaired) electrons. The highest BCUT2D eigenvalue weighted by atomic mass is 19.1. The summed E-state index contributed by atoms with van der Waals surface area (Å²) >= 11 is 0. The first kappa shape index (κ1) is 18.5. The molecule has 1 heterocycles. The first-order valence-corrected chi connectivity index (χ1v) is 8.06. The molecule has 0 aliphatic heterocycles. The normalized spacial score (nSPS) is 12.9. The molecule has 3 amide bonds. The van der Waals surface area contributed by atoms with Gasteiger partial charge in [0.2, 0.25) is 5.91 Å². The number of amides is 3. The molecule has 0 saturated heterocycles. The van der Waals surface area contributed by atoms with E-state index in [1.165, 1.54) is 12.3 Å². The van der Waals surface area contributed by atoms with Crippen LogP contribution in [0.2, 0.25) is 0 Å². The van der Waals surface area contributed by atoms with Crippen LogP contribution in [0, 0.1) is 5.82 Å². The molecule has 0 saturated carbocycles. The van der Waals surface area contributed by atoms with E-state index in [1.807, 2.05) is 0 Å². The molecule has 0 spiro atoms. The predicted octanol–water partition coefficient (Wildman–Crippen LogP) is 2.35. The van der Waals surface area contributed by atoms with E-state index in [9.17, 15) is 14.0 Å². The summed E-state index contributed by atoms with van der Waals surface area (Å²) in [4.78, 5) is 23.9. The number of hydrogen-bond acceptors (Lipinski definition) is 3. The average molecular weight is 347 g/mol. The third kappa shape index (κ3) is 5.95. The molecule has 0 aliphatic rings. The Morgan fingerprint density at radius 1 is 1.12 bits per heavy atom. The summed E-state index contributed by atoms with van der Waals surface area (Å²) in [6.45, 7) is 3.61. The number of carbonyl (C=O) groups excluding carboxylic acids is 2. The molecule has 0 bridgehead atoms. The van der Waals surface area contributed by atoms with Gasteiger partial charge in [-0.1, -0.05) is 18.2 Å². The standard InChI is InChI=1S/C18H22FN3O3/c1-12(10-14-6-3-4-8-16(14)19)21-18(24)22-13(2)17(23)20-11-15-7-5-9-25-15/h3-9,12-13H,10-11H2,1-2H3,(H,20,23)(H2,21,22,24)/t12-,13+/m1/s1. The lowest BCUT2D eigenvalue weighted by atomic mass is 10.1. The minimum Gasteiger partial charge on any atom is -0.467 e. The van der Waals surface area contributed by atoms with Gasteiger partial charge in [0, 0.05) is 6.04 Å². The molecular formula is C18H22FN3O3. The fraction of sp³-hybridized carbons (Fsp3) is 0.333. The Hall–Kier alpha value is -2.83. The van der Waals surface area contributed by atoms with E-state index in [2.05, 4.69) is 16.0 Å². The van der Waals surface area contributed by atoms with Crippen LogP contribution in [0.5, 0.6) is 0 Å². The van der Waals surface area contributed by atoms with Crippen molar-refractivity contribution in [3.63, 3.8) is 0 Å². The zero-order chi connectivity index (χ0) is 18.2. The van der Waals surface area contributed by atoms with Crippen LogP contribution in [-0.4, -0.2) is 24.0 Å². The molecule has 2 atom stereocenters. The second-order valence-electron chi connectivity index (χ2n) is 5.83. The minimum atomic E-state index is -0.712. The van der Waals surface area contributed by atoms with Crippen molar-refractivity contribution >= 4 is 11.9 Å². The molecular weight excluding hydrogens is 325 g/mol. The molecule has 3 N–H and O–H groups in total. The Labute approximate surface area is 145 Å². The summed E-state index contributed by atoms with van der Waals surface area (Å²) in [5.41, 5.74) is 0.527. The van der Waals surface area contributed by atoms with Gasteiger partial charge in [-0.25, -0.2) is 9.18 Å². The van der Waals surface area contributed by atoms with Gasteiger partial charge in [0.1, 0.15) is 17.6 Å². The summed E-state index contributed by atoms with van der Waals surface area (Å²) in [5.74, 6) is -0.000881. The number of carbonyl (C=O) groups is 2. The number of furan rings is 1. The smallest absolute Gasteiger partial charge is 0.315 e. The van der Waals surface area contributed by atoms with E-state index < -0.39 is 12.1 Å². The van der Waals surface area contributed by atoms with Crippen LogP contribution in [0.15, 0.2) is 47.1 Å². The van der Waals surface area contributed by atoms with Crippen molar-refractivity contribution in [1.82, 2.24) is 16.0 Å². The fourth-order valence-electron chi connectivity index (χ4n) is 2.31.